The SMILES string of the molecule is O=C(NO)C(Cc1ccccc1)C(=O)NCCC(c1ccccc1)c1ccccc1. The van der Waals surface area contributed by atoms with E-state index in [0.29, 0.717) is 13.0 Å². The second-order valence-corrected chi connectivity index (χ2v) is 7.17. The quantitative estimate of drug-likeness (QED) is 0.290. The number of hydrogen-bond acceptors (Lipinski definition) is 3. The fourth-order valence-corrected chi connectivity index (χ4v) is 3.59. The van der Waals surface area contributed by atoms with Crippen LogP contribution in [0.15, 0.2) is 91.0 Å². The topological polar surface area (TPSA) is 78.4 Å². The van der Waals surface area contributed by atoms with Crippen LogP contribution >= 0.6 is 0 Å². The lowest BCUT2D eigenvalue weighted by Crippen LogP contribution is -2.42. The van der Waals surface area contributed by atoms with Gasteiger partial charge in [-0.1, -0.05) is 91.0 Å². The van der Waals surface area contributed by atoms with Gasteiger partial charge in [-0.25, -0.2) is 5.48 Å². The Morgan fingerprint density at radius 1 is 0.733 bits per heavy atom. The Bertz CT molecular complexity index is 891. The summed E-state index contributed by atoms with van der Waals surface area (Å²) in [5.74, 6) is -1.97. The van der Waals surface area contributed by atoms with Gasteiger partial charge in [0.1, 0.15) is 5.92 Å². The minimum atomic E-state index is -0.996. The molecule has 3 aromatic rings. The molecule has 5 nitrogen and oxygen atoms in total. The Labute approximate surface area is 176 Å². The molecule has 0 saturated heterocycles. The molecule has 2 amide bonds. The molecule has 0 aliphatic heterocycles. The van der Waals surface area contributed by atoms with Crippen molar-refractivity contribution in [3.63, 3.8) is 0 Å². The molecule has 0 bridgehead atoms. The van der Waals surface area contributed by atoms with Gasteiger partial charge in [-0.2, -0.15) is 0 Å². The molecule has 5 heteroatoms. The van der Waals surface area contributed by atoms with Gasteiger partial charge in [0.25, 0.3) is 5.91 Å². The van der Waals surface area contributed by atoms with Crippen LogP contribution < -0.4 is 10.8 Å². The average Bonchev–Trinajstić information content (AvgIpc) is 2.81. The first-order chi connectivity index (χ1) is 14.7. The third-order valence-corrected chi connectivity index (χ3v) is 5.16. The fraction of sp³-hybridized carbons (Fsp3) is 0.200. The second-order valence-electron chi connectivity index (χ2n) is 7.17. The van der Waals surface area contributed by atoms with Crippen molar-refractivity contribution in [2.45, 2.75) is 18.8 Å². The van der Waals surface area contributed by atoms with Crippen LogP contribution in [-0.4, -0.2) is 23.6 Å². The molecule has 154 valence electrons. The number of benzene rings is 3. The number of nitrogens with one attached hydrogen (secondary N) is 2. The van der Waals surface area contributed by atoms with E-state index >= 15 is 0 Å². The Morgan fingerprint density at radius 2 is 1.23 bits per heavy atom. The van der Waals surface area contributed by atoms with Crippen molar-refractivity contribution in [3.05, 3.63) is 108 Å². The van der Waals surface area contributed by atoms with Crippen LogP contribution in [0.2, 0.25) is 0 Å². The smallest absolute Gasteiger partial charge is 0.256 e. The first-order valence-corrected chi connectivity index (χ1v) is 10.0. The van der Waals surface area contributed by atoms with Gasteiger partial charge in [0.15, 0.2) is 0 Å². The van der Waals surface area contributed by atoms with Crippen molar-refractivity contribution in [3.8, 4) is 0 Å². The Hall–Kier alpha value is -3.44. The molecule has 0 fully saturated rings. The third-order valence-electron chi connectivity index (χ3n) is 5.16. The average molecular weight is 402 g/mol. The first kappa shape index (κ1) is 21.3. The predicted octanol–water partition coefficient (Wildman–Crippen LogP) is 3.69. The number of amides is 2. The summed E-state index contributed by atoms with van der Waals surface area (Å²) >= 11 is 0. The Morgan fingerprint density at radius 3 is 1.73 bits per heavy atom. The molecule has 30 heavy (non-hydrogen) atoms. The van der Waals surface area contributed by atoms with Gasteiger partial charge in [-0.05, 0) is 29.5 Å². The van der Waals surface area contributed by atoms with Crippen LogP contribution in [0.5, 0.6) is 0 Å². The van der Waals surface area contributed by atoms with Gasteiger partial charge >= 0.3 is 0 Å². The molecule has 0 saturated carbocycles. The van der Waals surface area contributed by atoms with E-state index in [4.69, 9.17) is 5.21 Å². The molecule has 1 atom stereocenters. The Balaban J connectivity index is 1.67. The van der Waals surface area contributed by atoms with Crippen LogP contribution in [0, 0.1) is 5.92 Å². The lowest BCUT2D eigenvalue weighted by molar-refractivity contribution is -0.140. The molecular formula is C25H26N2O3. The van der Waals surface area contributed by atoms with E-state index in [1.807, 2.05) is 66.7 Å². The zero-order valence-electron chi connectivity index (χ0n) is 16.7. The lowest BCUT2D eigenvalue weighted by atomic mass is 9.88. The van der Waals surface area contributed by atoms with E-state index in [1.54, 1.807) is 5.48 Å². The van der Waals surface area contributed by atoms with Crippen LogP contribution in [0.25, 0.3) is 0 Å². The summed E-state index contributed by atoms with van der Waals surface area (Å²) in [6.45, 7) is 0.414. The molecule has 0 aliphatic rings. The molecule has 3 rings (SSSR count). The van der Waals surface area contributed by atoms with Crippen molar-refractivity contribution >= 4 is 11.8 Å². The van der Waals surface area contributed by atoms with Gasteiger partial charge in [-0.15, -0.1) is 0 Å². The minimum Gasteiger partial charge on any atom is -0.355 e. The molecule has 3 N–H and O–H groups in total. The monoisotopic (exact) mass is 402 g/mol. The number of hydroxylamine groups is 1. The van der Waals surface area contributed by atoms with Crippen LogP contribution in [0.4, 0.5) is 0 Å². The molecule has 1 unspecified atom stereocenters. The number of hydrogen-bond donors (Lipinski definition) is 3. The maximum Gasteiger partial charge on any atom is 0.256 e. The highest BCUT2D eigenvalue weighted by Gasteiger charge is 2.27. The van der Waals surface area contributed by atoms with E-state index in [9.17, 15) is 9.59 Å². The standard InChI is InChI=1S/C25H26N2O3/c28-24(23(25(29)27-30)18-19-10-4-1-5-11-19)26-17-16-22(20-12-6-2-7-13-20)21-14-8-3-9-15-21/h1-15,22-23,30H,16-18H2,(H,26,28)(H,27,29). The first-order valence-electron chi connectivity index (χ1n) is 10.0. The summed E-state index contributed by atoms with van der Waals surface area (Å²) < 4.78 is 0. The summed E-state index contributed by atoms with van der Waals surface area (Å²) in [6, 6.07) is 29.6. The molecule has 0 heterocycles. The summed E-state index contributed by atoms with van der Waals surface area (Å²) in [5, 5.41) is 11.9. The van der Waals surface area contributed by atoms with Crippen molar-refractivity contribution in [1.82, 2.24) is 10.8 Å². The van der Waals surface area contributed by atoms with Gasteiger partial charge in [-0.3, -0.25) is 14.8 Å². The summed E-state index contributed by atoms with van der Waals surface area (Å²) in [6.07, 6.45) is 0.915. The number of carbonyl (C=O) groups is 2. The zero-order valence-corrected chi connectivity index (χ0v) is 16.7. The molecular weight excluding hydrogens is 376 g/mol. The molecule has 3 aromatic carbocycles. The predicted molar refractivity (Wildman–Crippen MR) is 116 cm³/mol. The van der Waals surface area contributed by atoms with Crippen LogP contribution in [-0.2, 0) is 16.0 Å². The van der Waals surface area contributed by atoms with E-state index in [-0.39, 0.29) is 12.3 Å². The largest absolute Gasteiger partial charge is 0.355 e. The van der Waals surface area contributed by atoms with Gasteiger partial charge in [0.05, 0.1) is 0 Å². The maximum atomic E-state index is 12.7. The van der Waals surface area contributed by atoms with Crippen molar-refractivity contribution in [2.24, 2.45) is 5.92 Å². The highest BCUT2D eigenvalue weighted by atomic mass is 16.5. The van der Waals surface area contributed by atoms with Crippen molar-refractivity contribution in [2.75, 3.05) is 6.54 Å². The van der Waals surface area contributed by atoms with Crippen molar-refractivity contribution < 1.29 is 14.8 Å². The lowest BCUT2D eigenvalue weighted by Gasteiger charge is -2.20. The zero-order chi connectivity index (χ0) is 21.2. The second kappa shape index (κ2) is 10.9. The minimum absolute atomic E-state index is 0.131. The van der Waals surface area contributed by atoms with Crippen LogP contribution in [0.1, 0.15) is 29.0 Å². The molecule has 0 spiro atoms. The molecule has 0 aliphatic carbocycles. The maximum absolute atomic E-state index is 12.7. The summed E-state index contributed by atoms with van der Waals surface area (Å²) in [7, 11) is 0. The van der Waals surface area contributed by atoms with E-state index in [1.165, 1.54) is 11.1 Å². The van der Waals surface area contributed by atoms with Crippen molar-refractivity contribution in [1.29, 1.82) is 0 Å². The Kier molecular flexibility index (Phi) is 7.75. The number of carbonyl (C=O) groups excluding carboxylic acids is 2. The van der Waals surface area contributed by atoms with E-state index in [0.717, 1.165) is 5.56 Å². The third kappa shape index (κ3) is 5.78. The van der Waals surface area contributed by atoms with E-state index in [2.05, 4.69) is 29.6 Å². The highest BCUT2D eigenvalue weighted by Crippen LogP contribution is 2.27. The fourth-order valence-electron chi connectivity index (χ4n) is 3.59. The van der Waals surface area contributed by atoms with E-state index < -0.39 is 17.7 Å². The molecule has 0 radical (unpaired) electrons. The summed E-state index contributed by atoms with van der Waals surface area (Å²) in [5.41, 5.74) is 4.82. The van der Waals surface area contributed by atoms with Gasteiger partial charge in [0, 0.05) is 12.5 Å². The van der Waals surface area contributed by atoms with Crippen LogP contribution in [0.3, 0.4) is 0 Å². The summed E-state index contributed by atoms with van der Waals surface area (Å²) in [4.78, 5) is 24.8. The van der Waals surface area contributed by atoms with Gasteiger partial charge in [0.2, 0.25) is 5.91 Å². The normalized spacial score (nSPS) is 11.7. The number of rotatable bonds is 9. The molecule has 0 aromatic heterocycles. The highest BCUT2D eigenvalue weighted by molar-refractivity contribution is 6.00. The van der Waals surface area contributed by atoms with Gasteiger partial charge < -0.3 is 5.32 Å².